The average Bonchev–Trinajstić information content (AvgIpc) is 2.48. The lowest BCUT2D eigenvalue weighted by Gasteiger charge is -2.26. The molecule has 0 bridgehead atoms. The molecule has 1 aromatic rings. The lowest BCUT2D eigenvalue weighted by atomic mass is 10.1. The third-order valence-electron chi connectivity index (χ3n) is 2.85. The highest BCUT2D eigenvalue weighted by Crippen LogP contribution is 2.18. The van der Waals surface area contributed by atoms with Crippen molar-refractivity contribution >= 4 is 17.7 Å². The Morgan fingerprint density at radius 2 is 2.00 bits per heavy atom. The Kier molecular flexibility index (Phi) is 3.94. The zero-order valence-electron chi connectivity index (χ0n) is 11.4. The molecule has 0 atom stereocenters. The fourth-order valence-electron chi connectivity index (χ4n) is 1.97. The number of nitrogens with zero attached hydrogens (tertiary/aromatic N) is 3. The summed E-state index contributed by atoms with van der Waals surface area (Å²) < 4.78 is 5.38. The number of amides is 1. The average molecular weight is 284 g/mol. The number of fused-ring (bicyclic) bond motifs is 1. The number of hydrogen-bond acceptors (Lipinski definition) is 4. The zero-order valence-corrected chi connectivity index (χ0v) is 12.2. The van der Waals surface area contributed by atoms with E-state index in [0.29, 0.717) is 24.7 Å². The molecule has 2 heterocycles. The van der Waals surface area contributed by atoms with Crippen molar-refractivity contribution in [3.05, 3.63) is 22.5 Å². The minimum atomic E-state index is -0.473. The van der Waals surface area contributed by atoms with Crippen LogP contribution in [0.3, 0.4) is 0 Å². The van der Waals surface area contributed by atoms with E-state index in [0.717, 1.165) is 17.7 Å². The highest BCUT2D eigenvalue weighted by atomic mass is 35.5. The molecule has 0 saturated carbocycles. The molecule has 19 heavy (non-hydrogen) atoms. The van der Waals surface area contributed by atoms with E-state index < -0.39 is 5.60 Å². The van der Waals surface area contributed by atoms with Crippen LogP contribution in [0.1, 0.15) is 32.0 Å². The third kappa shape index (κ3) is 3.80. The van der Waals surface area contributed by atoms with Gasteiger partial charge < -0.3 is 9.64 Å². The first kappa shape index (κ1) is 14.1. The van der Waals surface area contributed by atoms with Crippen molar-refractivity contribution in [3.8, 4) is 0 Å². The lowest BCUT2D eigenvalue weighted by Crippen LogP contribution is -2.38. The molecule has 1 amide bonds. The van der Waals surface area contributed by atoms with Crippen LogP contribution in [0, 0.1) is 0 Å². The van der Waals surface area contributed by atoms with Gasteiger partial charge in [0.2, 0.25) is 0 Å². The predicted molar refractivity (Wildman–Crippen MR) is 72.3 cm³/mol. The van der Waals surface area contributed by atoms with Gasteiger partial charge in [-0.2, -0.15) is 5.10 Å². The van der Waals surface area contributed by atoms with Gasteiger partial charge in [0.25, 0.3) is 0 Å². The Balaban J connectivity index is 2.05. The van der Waals surface area contributed by atoms with E-state index in [2.05, 4.69) is 10.2 Å². The van der Waals surface area contributed by atoms with Crippen molar-refractivity contribution < 1.29 is 9.53 Å². The highest BCUT2D eigenvalue weighted by Gasteiger charge is 2.24. The van der Waals surface area contributed by atoms with Gasteiger partial charge in [-0.15, -0.1) is 5.10 Å². The van der Waals surface area contributed by atoms with Crippen molar-refractivity contribution in [2.24, 2.45) is 0 Å². The van der Waals surface area contributed by atoms with Crippen molar-refractivity contribution in [1.29, 1.82) is 0 Å². The van der Waals surface area contributed by atoms with Gasteiger partial charge >= 0.3 is 6.09 Å². The fraction of sp³-hybridized carbons (Fsp3) is 0.615. The first-order valence-corrected chi connectivity index (χ1v) is 6.72. The number of halogens is 1. The predicted octanol–water partition coefficient (Wildman–Crippen LogP) is 2.47. The Morgan fingerprint density at radius 3 is 2.68 bits per heavy atom. The van der Waals surface area contributed by atoms with Crippen LogP contribution in [-0.4, -0.2) is 39.9 Å². The second-order valence-corrected chi connectivity index (χ2v) is 5.99. The number of ether oxygens (including phenoxy) is 1. The number of carbonyl (C=O) groups is 1. The van der Waals surface area contributed by atoms with E-state index >= 15 is 0 Å². The summed E-state index contributed by atoms with van der Waals surface area (Å²) in [6, 6.07) is 1.82. The molecule has 5 nitrogen and oxygen atoms in total. The van der Waals surface area contributed by atoms with E-state index in [4.69, 9.17) is 16.3 Å². The van der Waals surface area contributed by atoms with Gasteiger partial charge in [0.05, 0.1) is 5.69 Å². The molecule has 0 spiro atoms. The van der Waals surface area contributed by atoms with Gasteiger partial charge in [-0.3, -0.25) is 0 Å². The maximum Gasteiger partial charge on any atom is 0.410 e. The van der Waals surface area contributed by atoms with Crippen LogP contribution >= 0.6 is 11.6 Å². The normalized spacial score (nSPS) is 15.7. The molecule has 0 aliphatic carbocycles. The van der Waals surface area contributed by atoms with Crippen molar-refractivity contribution in [2.75, 3.05) is 13.1 Å². The Labute approximate surface area is 117 Å². The molecular formula is C13H18ClN3O2. The number of carbonyl (C=O) groups excluding carboxylic acids is 1. The van der Waals surface area contributed by atoms with E-state index in [-0.39, 0.29) is 6.09 Å². The summed E-state index contributed by atoms with van der Waals surface area (Å²) >= 11 is 5.84. The molecule has 1 aromatic heterocycles. The van der Waals surface area contributed by atoms with Crippen molar-refractivity contribution in [1.82, 2.24) is 15.1 Å². The van der Waals surface area contributed by atoms with Crippen LogP contribution in [0.5, 0.6) is 0 Å². The van der Waals surface area contributed by atoms with Crippen LogP contribution in [0.4, 0.5) is 4.79 Å². The third-order valence-corrected chi connectivity index (χ3v) is 3.04. The maximum absolute atomic E-state index is 12.0. The van der Waals surface area contributed by atoms with Gasteiger partial charge in [-0.25, -0.2) is 4.79 Å². The molecule has 1 aliphatic heterocycles. The van der Waals surface area contributed by atoms with Gasteiger partial charge in [-0.1, -0.05) is 11.6 Å². The minimum Gasteiger partial charge on any atom is -0.444 e. The van der Waals surface area contributed by atoms with Gasteiger partial charge in [0, 0.05) is 19.5 Å². The van der Waals surface area contributed by atoms with Crippen LogP contribution in [0.15, 0.2) is 6.07 Å². The monoisotopic (exact) mass is 283 g/mol. The second kappa shape index (κ2) is 5.33. The first-order valence-electron chi connectivity index (χ1n) is 6.34. The molecule has 1 aliphatic rings. The van der Waals surface area contributed by atoms with Crippen LogP contribution in [0.25, 0.3) is 0 Å². The van der Waals surface area contributed by atoms with Crippen molar-refractivity contribution in [2.45, 2.75) is 39.2 Å². The second-order valence-electron chi connectivity index (χ2n) is 5.61. The van der Waals surface area contributed by atoms with Crippen LogP contribution in [0.2, 0.25) is 5.15 Å². The first-order chi connectivity index (χ1) is 8.85. The number of aromatic nitrogens is 2. The topological polar surface area (TPSA) is 55.3 Å². The minimum absolute atomic E-state index is 0.278. The van der Waals surface area contributed by atoms with Crippen LogP contribution < -0.4 is 0 Å². The van der Waals surface area contributed by atoms with E-state index in [9.17, 15) is 4.79 Å². The molecule has 2 rings (SSSR count). The molecule has 0 unspecified atom stereocenters. The van der Waals surface area contributed by atoms with Gasteiger partial charge in [-0.05, 0) is 38.8 Å². The summed E-state index contributed by atoms with van der Waals surface area (Å²) in [6.07, 6.45) is 1.13. The molecule has 0 radical (unpaired) electrons. The molecule has 0 N–H and O–H groups in total. The zero-order chi connectivity index (χ0) is 14.0. The standard InChI is InChI=1S/C13H18ClN3O2/c1-13(2,3)19-12(18)17-6-4-9-8-11(14)16-15-10(9)5-7-17/h8H,4-7H2,1-3H3. The molecular weight excluding hydrogens is 266 g/mol. The van der Waals surface area contributed by atoms with Gasteiger partial charge in [0.15, 0.2) is 5.15 Å². The highest BCUT2D eigenvalue weighted by molar-refractivity contribution is 6.29. The molecule has 6 heteroatoms. The summed E-state index contributed by atoms with van der Waals surface area (Å²) in [5.41, 5.74) is 1.50. The van der Waals surface area contributed by atoms with Gasteiger partial charge in [0.1, 0.15) is 5.60 Å². The Hall–Kier alpha value is -1.36. The number of rotatable bonds is 0. The summed E-state index contributed by atoms with van der Waals surface area (Å²) in [5, 5.41) is 8.32. The number of hydrogen-bond donors (Lipinski definition) is 0. The lowest BCUT2D eigenvalue weighted by molar-refractivity contribution is 0.0258. The molecule has 0 fully saturated rings. The van der Waals surface area contributed by atoms with E-state index in [1.807, 2.05) is 26.8 Å². The quantitative estimate of drug-likeness (QED) is 0.734. The Bertz CT molecular complexity index is 485. The molecule has 0 aromatic carbocycles. The van der Waals surface area contributed by atoms with Crippen LogP contribution in [-0.2, 0) is 17.6 Å². The smallest absolute Gasteiger partial charge is 0.410 e. The summed E-state index contributed by atoms with van der Waals surface area (Å²) in [6.45, 7) is 6.80. The maximum atomic E-state index is 12.0. The summed E-state index contributed by atoms with van der Waals surface area (Å²) in [7, 11) is 0. The molecule has 104 valence electrons. The van der Waals surface area contributed by atoms with Crippen molar-refractivity contribution in [3.63, 3.8) is 0 Å². The fourth-order valence-corrected chi connectivity index (χ4v) is 2.14. The van der Waals surface area contributed by atoms with E-state index in [1.165, 1.54) is 0 Å². The summed E-state index contributed by atoms with van der Waals surface area (Å²) in [5.74, 6) is 0. The summed E-state index contributed by atoms with van der Waals surface area (Å²) in [4.78, 5) is 13.7. The molecule has 0 saturated heterocycles. The SMILES string of the molecule is CC(C)(C)OC(=O)N1CCc2cc(Cl)nnc2CC1. The largest absolute Gasteiger partial charge is 0.444 e. The Morgan fingerprint density at radius 1 is 1.32 bits per heavy atom. The van der Waals surface area contributed by atoms with E-state index in [1.54, 1.807) is 4.90 Å².